The van der Waals surface area contributed by atoms with Crippen LogP contribution in [0.1, 0.15) is 17.5 Å². The van der Waals surface area contributed by atoms with Crippen LogP contribution in [0.15, 0.2) is 48.8 Å². The van der Waals surface area contributed by atoms with Crippen molar-refractivity contribution in [3.8, 4) is 0 Å². The molecule has 4 heteroatoms. The minimum Gasteiger partial charge on any atom is -0.265 e. The summed E-state index contributed by atoms with van der Waals surface area (Å²) in [6, 6.07) is 10.8. The van der Waals surface area contributed by atoms with Crippen LogP contribution >= 0.6 is 0 Å². The van der Waals surface area contributed by atoms with Gasteiger partial charge < -0.3 is 0 Å². The maximum absolute atomic E-state index is 10.5. The molecular weight excluding hydrogens is 228 g/mol. The van der Waals surface area contributed by atoms with Crippen LogP contribution in [0.2, 0.25) is 0 Å². The van der Waals surface area contributed by atoms with E-state index < -0.39 is 0 Å². The van der Waals surface area contributed by atoms with E-state index in [0.29, 0.717) is 0 Å². The van der Waals surface area contributed by atoms with Gasteiger partial charge in [-0.2, -0.15) is 0 Å². The molecule has 0 bridgehead atoms. The second kappa shape index (κ2) is 5.91. The summed E-state index contributed by atoms with van der Waals surface area (Å²) in [6.07, 6.45) is 6.55. The fraction of sp³-hybridized carbons (Fsp3) is 0.214. The summed E-state index contributed by atoms with van der Waals surface area (Å²) >= 11 is 0. The summed E-state index contributed by atoms with van der Waals surface area (Å²) in [5.74, 6) is 0. The zero-order valence-electron chi connectivity index (χ0n) is 9.95. The highest BCUT2D eigenvalue weighted by atomic mass is 16.6. The average molecular weight is 242 g/mol. The average Bonchev–Trinajstić information content (AvgIpc) is 2.40. The quantitative estimate of drug-likeness (QED) is 0.597. The van der Waals surface area contributed by atoms with Gasteiger partial charge in [-0.25, -0.2) is 0 Å². The van der Waals surface area contributed by atoms with Gasteiger partial charge in [0.05, 0.1) is 4.92 Å². The molecule has 2 aromatic rings. The zero-order chi connectivity index (χ0) is 12.8. The number of hydrogen-bond donors (Lipinski definition) is 0. The zero-order valence-corrected chi connectivity index (χ0v) is 9.95. The molecule has 4 nitrogen and oxygen atoms in total. The van der Waals surface area contributed by atoms with E-state index in [2.05, 4.69) is 4.98 Å². The number of rotatable bonds is 5. The number of aromatic nitrogens is 1. The lowest BCUT2D eigenvalue weighted by atomic mass is 10.0. The molecular formula is C14H14N2O2. The summed E-state index contributed by atoms with van der Waals surface area (Å²) in [4.78, 5) is 14.1. The van der Waals surface area contributed by atoms with Crippen molar-refractivity contribution in [2.75, 3.05) is 0 Å². The Hall–Kier alpha value is -2.23. The maximum atomic E-state index is 10.5. The number of nitro benzene ring substituents is 1. The van der Waals surface area contributed by atoms with Gasteiger partial charge in [-0.15, -0.1) is 0 Å². The highest BCUT2D eigenvalue weighted by Gasteiger charge is 2.03. The molecule has 0 spiro atoms. The Balaban J connectivity index is 1.85. The lowest BCUT2D eigenvalue weighted by Crippen LogP contribution is -1.92. The van der Waals surface area contributed by atoms with Crippen LogP contribution < -0.4 is 0 Å². The van der Waals surface area contributed by atoms with Crippen molar-refractivity contribution in [3.63, 3.8) is 0 Å². The van der Waals surface area contributed by atoms with Crippen molar-refractivity contribution in [2.45, 2.75) is 19.3 Å². The molecule has 92 valence electrons. The molecule has 0 atom stereocenters. The molecule has 0 fully saturated rings. The van der Waals surface area contributed by atoms with E-state index in [1.54, 1.807) is 24.5 Å². The highest BCUT2D eigenvalue weighted by molar-refractivity contribution is 5.32. The number of hydrogen-bond acceptors (Lipinski definition) is 3. The maximum Gasteiger partial charge on any atom is 0.269 e. The number of aryl methyl sites for hydroxylation is 2. The first kappa shape index (κ1) is 12.2. The summed E-state index contributed by atoms with van der Waals surface area (Å²) in [5, 5.41) is 10.5. The SMILES string of the molecule is O=[N+]([O-])c1ccc(CCCc2ccncc2)cc1. The first-order valence-corrected chi connectivity index (χ1v) is 5.88. The van der Waals surface area contributed by atoms with Crippen molar-refractivity contribution < 1.29 is 4.92 Å². The molecule has 0 aliphatic rings. The molecule has 1 aromatic carbocycles. The Morgan fingerprint density at radius 3 is 2.06 bits per heavy atom. The molecule has 1 heterocycles. The van der Waals surface area contributed by atoms with Crippen LogP contribution in [-0.2, 0) is 12.8 Å². The Morgan fingerprint density at radius 1 is 0.944 bits per heavy atom. The Morgan fingerprint density at radius 2 is 1.50 bits per heavy atom. The van der Waals surface area contributed by atoms with Gasteiger partial charge >= 0.3 is 0 Å². The summed E-state index contributed by atoms with van der Waals surface area (Å²) in [7, 11) is 0. The molecule has 0 saturated heterocycles. The predicted molar refractivity (Wildman–Crippen MR) is 69.4 cm³/mol. The predicted octanol–water partition coefficient (Wildman–Crippen LogP) is 3.17. The largest absolute Gasteiger partial charge is 0.269 e. The third-order valence-corrected chi connectivity index (χ3v) is 2.83. The summed E-state index contributed by atoms with van der Waals surface area (Å²) in [6.45, 7) is 0. The van der Waals surface area contributed by atoms with Crippen LogP contribution in [-0.4, -0.2) is 9.91 Å². The third-order valence-electron chi connectivity index (χ3n) is 2.83. The third kappa shape index (κ3) is 3.38. The summed E-state index contributed by atoms with van der Waals surface area (Å²) < 4.78 is 0. The highest BCUT2D eigenvalue weighted by Crippen LogP contribution is 2.14. The Labute approximate surface area is 105 Å². The van der Waals surface area contributed by atoms with E-state index in [9.17, 15) is 10.1 Å². The first-order chi connectivity index (χ1) is 8.75. The molecule has 0 aliphatic heterocycles. The molecule has 18 heavy (non-hydrogen) atoms. The van der Waals surface area contributed by atoms with Crippen molar-refractivity contribution in [1.29, 1.82) is 0 Å². The van der Waals surface area contributed by atoms with Gasteiger partial charge in [-0.05, 0) is 42.5 Å². The minimum absolute atomic E-state index is 0.146. The van der Waals surface area contributed by atoms with E-state index >= 15 is 0 Å². The molecule has 2 rings (SSSR count). The van der Waals surface area contributed by atoms with Crippen molar-refractivity contribution in [2.24, 2.45) is 0 Å². The van der Waals surface area contributed by atoms with Gasteiger partial charge in [0, 0.05) is 24.5 Å². The van der Waals surface area contributed by atoms with E-state index in [0.717, 1.165) is 24.8 Å². The van der Waals surface area contributed by atoms with Gasteiger partial charge in [0.15, 0.2) is 0 Å². The summed E-state index contributed by atoms with van der Waals surface area (Å²) in [5.41, 5.74) is 2.55. The lowest BCUT2D eigenvalue weighted by molar-refractivity contribution is -0.384. The number of non-ortho nitro benzene ring substituents is 1. The van der Waals surface area contributed by atoms with Crippen LogP contribution in [0, 0.1) is 10.1 Å². The van der Waals surface area contributed by atoms with Gasteiger partial charge in [0.2, 0.25) is 0 Å². The second-order valence-electron chi connectivity index (χ2n) is 4.13. The van der Waals surface area contributed by atoms with Crippen LogP contribution in [0.25, 0.3) is 0 Å². The van der Waals surface area contributed by atoms with E-state index in [-0.39, 0.29) is 10.6 Å². The fourth-order valence-electron chi connectivity index (χ4n) is 1.83. The van der Waals surface area contributed by atoms with Crippen LogP contribution in [0.3, 0.4) is 0 Å². The van der Waals surface area contributed by atoms with Crippen LogP contribution in [0.5, 0.6) is 0 Å². The smallest absolute Gasteiger partial charge is 0.265 e. The molecule has 0 N–H and O–H groups in total. The van der Waals surface area contributed by atoms with E-state index in [1.807, 2.05) is 24.3 Å². The molecule has 0 unspecified atom stereocenters. The van der Waals surface area contributed by atoms with Crippen molar-refractivity contribution >= 4 is 5.69 Å². The van der Waals surface area contributed by atoms with Crippen molar-refractivity contribution in [1.82, 2.24) is 4.98 Å². The Kier molecular flexibility index (Phi) is 4.02. The number of nitrogens with zero attached hydrogens (tertiary/aromatic N) is 2. The van der Waals surface area contributed by atoms with Crippen LogP contribution in [0.4, 0.5) is 5.69 Å². The van der Waals surface area contributed by atoms with E-state index in [4.69, 9.17) is 0 Å². The number of benzene rings is 1. The fourth-order valence-corrected chi connectivity index (χ4v) is 1.83. The topological polar surface area (TPSA) is 56.0 Å². The monoisotopic (exact) mass is 242 g/mol. The van der Waals surface area contributed by atoms with Gasteiger partial charge in [0.25, 0.3) is 5.69 Å². The minimum atomic E-state index is -0.374. The molecule has 0 saturated carbocycles. The van der Waals surface area contributed by atoms with E-state index in [1.165, 1.54) is 5.56 Å². The normalized spacial score (nSPS) is 10.2. The molecule has 1 aromatic heterocycles. The van der Waals surface area contributed by atoms with Gasteiger partial charge in [-0.3, -0.25) is 15.1 Å². The standard InChI is InChI=1S/C14H14N2O2/c17-16(18)14-6-4-12(5-7-14)2-1-3-13-8-10-15-11-9-13/h4-11H,1-3H2. The van der Waals surface area contributed by atoms with Gasteiger partial charge in [0.1, 0.15) is 0 Å². The van der Waals surface area contributed by atoms with Crippen molar-refractivity contribution in [3.05, 3.63) is 70.0 Å². The number of nitro groups is 1. The number of pyridine rings is 1. The lowest BCUT2D eigenvalue weighted by Gasteiger charge is -2.02. The van der Waals surface area contributed by atoms with Gasteiger partial charge in [-0.1, -0.05) is 12.1 Å². The molecule has 0 radical (unpaired) electrons. The Bertz CT molecular complexity index is 509. The molecule has 0 amide bonds. The first-order valence-electron chi connectivity index (χ1n) is 5.88. The second-order valence-corrected chi connectivity index (χ2v) is 4.13. The molecule has 0 aliphatic carbocycles.